The third-order valence-electron chi connectivity index (χ3n) is 3.44. The van der Waals surface area contributed by atoms with E-state index in [4.69, 9.17) is 5.73 Å². The highest BCUT2D eigenvalue weighted by atomic mass is 32.2. The fraction of sp³-hybridized carbons (Fsp3) is 0.357. The molecule has 4 N–H and O–H groups in total. The first-order valence-corrected chi connectivity index (χ1v) is 7.66. The average molecular weight is 274 g/mol. The Morgan fingerprint density at radius 2 is 2.32 bits per heavy atom. The number of aliphatic imine (C=N–C) groups is 1. The molecule has 100 valence electrons. The van der Waals surface area contributed by atoms with Crippen LogP contribution in [0.5, 0.6) is 0 Å². The molecule has 19 heavy (non-hydrogen) atoms. The van der Waals surface area contributed by atoms with Crippen molar-refractivity contribution >= 4 is 23.4 Å². The number of nitrogens with zero attached hydrogens (tertiary/aromatic N) is 1. The van der Waals surface area contributed by atoms with Gasteiger partial charge in [-0.15, -0.1) is 11.8 Å². The fourth-order valence-electron chi connectivity index (χ4n) is 2.19. The molecule has 1 saturated carbocycles. The van der Waals surface area contributed by atoms with Crippen molar-refractivity contribution in [2.75, 3.05) is 11.6 Å². The largest absolute Gasteiger partial charge is 0.333 e. The van der Waals surface area contributed by atoms with E-state index in [1.54, 1.807) is 11.8 Å². The van der Waals surface area contributed by atoms with Crippen molar-refractivity contribution in [3.8, 4) is 0 Å². The van der Waals surface area contributed by atoms with E-state index < -0.39 is 5.66 Å². The van der Waals surface area contributed by atoms with Gasteiger partial charge in [0.2, 0.25) is 5.96 Å². The second-order valence-corrected chi connectivity index (χ2v) is 5.84. The van der Waals surface area contributed by atoms with Gasteiger partial charge in [-0.05, 0) is 43.4 Å². The zero-order chi connectivity index (χ0) is 13.3. The maximum absolute atomic E-state index is 6.31. The molecule has 1 aromatic rings. The minimum atomic E-state index is -0.537. The van der Waals surface area contributed by atoms with Gasteiger partial charge in [0, 0.05) is 22.7 Å². The van der Waals surface area contributed by atoms with Crippen LogP contribution in [0.25, 0.3) is 0 Å². The van der Waals surface area contributed by atoms with Crippen LogP contribution < -0.4 is 16.4 Å². The number of benzene rings is 1. The van der Waals surface area contributed by atoms with Crippen molar-refractivity contribution in [1.82, 2.24) is 5.32 Å². The lowest BCUT2D eigenvalue weighted by atomic mass is 10.1. The Kier molecular flexibility index (Phi) is 3.24. The third-order valence-corrected chi connectivity index (χ3v) is 4.16. The average Bonchev–Trinajstić information content (AvgIpc) is 3.24. The molecule has 4 nitrogen and oxygen atoms in total. The minimum Gasteiger partial charge on any atom is -0.333 e. The molecule has 0 spiro atoms. The minimum absolute atomic E-state index is 0.486. The summed E-state index contributed by atoms with van der Waals surface area (Å²) in [5, 5.41) is 6.40. The first-order chi connectivity index (χ1) is 9.19. The lowest BCUT2D eigenvalue weighted by Crippen LogP contribution is -2.45. The number of nitrogens with one attached hydrogen (secondary N) is 2. The smallest absolute Gasteiger partial charge is 0.202 e. The summed E-state index contributed by atoms with van der Waals surface area (Å²) in [6, 6.07) is 8.24. The summed E-state index contributed by atoms with van der Waals surface area (Å²) in [6.07, 6.45) is 8.23. The number of hydrogen-bond acceptors (Lipinski definition) is 5. The highest BCUT2D eigenvalue weighted by Gasteiger charge is 2.41. The van der Waals surface area contributed by atoms with E-state index in [2.05, 4.69) is 34.0 Å². The molecular formula is C14H18N4S. The molecule has 1 atom stereocenters. The molecule has 1 aliphatic carbocycles. The lowest BCUT2D eigenvalue weighted by Gasteiger charge is -2.26. The molecule has 0 aromatic heterocycles. The number of guanidine groups is 1. The van der Waals surface area contributed by atoms with Gasteiger partial charge in [-0.2, -0.15) is 0 Å². The van der Waals surface area contributed by atoms with E-state index in [9.17, 15) is 0 Å². The van der Waals surface area contributed by atoms with Gasteiger partial charge in [0.15, 0.2) is 0 Å². The van der Waals surface area contributed by atoms with Crippen molar-refractivity contribution in [2.24, 2.45) is 16.6 Å². The molecule has 0 bridgehead atoms. The molecule has 3 rings (SSSR count). The monoisotopic (exact) mass is 274 g/mol. The Morgan fingerprint density at radius 3 is 3.05 bits per heavy atom. The molecule has 0 saturated heterocycles. The summed E-state index contributed by atoms with van der Waals surface area (Å²) in [7, 11) is 0. The van der Waals surface area contributed by atoms with Crippen molar-refractivity contribution in [1.29, 1.82) is 0 Å². The van der Waals surface area contributed by atoms with E-state index in [-0.39, 0.29) is 0 Å². The molecular weight excluding hydrogens is 256 g/mol. The lowest BCUT2D eigenvalue weighted by molar-refractivity contribution is 0.478. The van der Waals surface area contributed by atoms with E-state index >= 15 is 0 Å². The van der Waals surface area contributed by atoms with Crippen molar-refractivity contribution < 1.29 is 0 Å². The van der Waals surface area contributed by atoms with E-state index in [1.807, 2.05) is 24.4 Å². The van der Waals surface area contributed by atoms with Crippen molar-refractivity contribution in [3.63, 3.8) is 0 Å². The maximum atomic E-state index is 6.31. The standard InChI is InChI=1S/C14H18N4S/c1-19-12-4-2-3-11(9-12)17-13-16-8-7-14(15,18-13)10-5-6-10/h2-4,7-10H,5-6,15H2,1H3,(H2,16,17,18). The van der Waals surface area contributed by atoms with E-state index in [0.717, 1.165) is 11.6 Å². The van der Waals surface area contributed by atoms with Gasteiger partial charge in [0.25, 0.3) is 0 Å². The van der Waals surface area contributed by atoms with Gasteiger partial charge in [-0.3, -0.25) is 0 Å². The van der Waals surface area contributed by atoms with Crippen LogP contribution in [0.2, 0.25) is 0 Å². The van der Waals surface area contributed by atoms with Crippen molar-refractivity contribution in [3.05, 3.63) is 36.5 Å². The van der Waals surface area contributed by atoms with Crippen LogP contribution in [-0.4, -0.2) is 17.9 Å². The molecule has 2 aliphatic rings. The summed E-state index contributed by atoms with van der Waals surface area (Å²) in [5.41, 5.74) is 6.79. The van der Waals surface area contributed by atoms with E-state index in [0.29, 0.717) is 5.92 Å². The van der Waals surface area contributed by atoms with Gasteiger partial charge in [0.05, 0.1) is 0 Å². The Labute approximate surface area is 117 Å². The van der Waals surface area contributed by atoms with Gasteiger partial charge in [-0.1, -0.05) is 6.07 Å². The summed E-state index contributed by atoms with van der Waals surface area (Å²) in [4.78, 5) is 5.83. The SMILES string of the molecule is CSc1cccc(NC2=NC(N)(C3CC3)C=CN2)c1. The second kappa shape index (κ2) is 4.90. The van der Waals surface area contributed by atoms with Gasteiger partial charge in [-0.25, -0.2) is 4.99 Å². The van der Waals surface area contributed by atoms with Crippen LogP contribution in [0.3, 0.4) is 0 Å². The highest BCUT2D eigenvalue weighted by molar-refractivity contribution is 7.98. The number of thioether (sulfide) groups is 1. The topological polar surface area (TPSA) is 62.4 Å². The molecule has 1 aliphatic heterocycles. The van der Waals surface area contributed by atoms with Crippen molar-refractivity contribution in [2.45, 2.75) is 23.4 Å². The van der Waals surface area contributed by atoms with Gasteiger partial charge >= 0.3 is 0 Å². The number of rotatable bonds is 3. The molecule has 1 fully saturated rings. The summed E-state index contributed by atoms with van der Waals surface area (Å²) >= 11 is 1.72. The second-order valence-electron chi connectivity index (χ2n) is 4.96. The maximum Gasteiger partial charge on any atom is 0.202 e. The zero-order valence-corrected chi connectivity index (χ0v) is 11.7. The van der Waals surface area contributed by atoms with Crippen LogP contribution in [0.1, 0.15) is 12.8 Å². The van der Waals surface area contributed by atoms with Crippen LogP contribution in [-0.2, 0) is 0 Å². The Morgan fingerprint density at radius 1 is 1.47 bits per heavy atom. The highest BCUT2D eigenvalue weighted by Crippen LogP contribution is 2.40. The van der Waals surface area contributed by atoms with Crippen LogP contribution in [0.4, 0.5) is 5.69 Å². The molecule has 0 amide bonds. The zero-order valence-electron chi connectivity index (χ0n) is 10.9. The van der Waals surface area contributed by atoms with Gasteiger partial charge in [0.1, 0.15) is 5.66 Å². The Hall–Kier alpha value is -1.46. The first-order valence-electron chi connectivity index (χ1n) is 6.44. The van der Waals surface area contributed by atoms with Crippen LogP contribution >= 0.6 is 11.8 Å². The van der Waals surface area contributed by atoms with E-state index in [1.165, 1.54) is 17.7 Å². The normalized spacial score (nSPS) is 25.7. The number of anilines is 1. The molecule has 1 unspecified atom stereocenters. The van der Waals surface area contributed by atoms with Crippen LogP contribution in [0, 0.1) is 5.92 Å². The summed E-state index contributed by atoms with van der Waals surface area (Å²) in [6.45, 7) is 0. The third kappa shape index (κ3) is 2.77. The number of nitrogens with two attached hydrogens (primary N) is 1. The predicted molar refractivity (Wildman–Crippen MR) is 81.2 cm³/mol. The Bertz CT molecular complexity index is 536. The van der Waals surface area contributed by atoms with Crippen LogP contribution in [0.15, 0.2) is 46.4 Å². The molecule has 1 heterocycles. The fourth-order valence-corrected chi connectivity index (χ4v) is 2.65. The Balaban J connectivity index is 1.77. The molecule has 0 radical (unpaired) electrons. The summed E-state index contributed by atoms with van der Waals surface area (Å²) < 4.78 is 0. The quantitative estimate of drug-likeness (QED) is 0.740. The molecule has 1 aromatic carbocycles. The first kappa shape index (κ1) is 12.6. The van der Waals surface area contributed by atoms with Gasteiger partial charge < -0.3 is 16.4 Å². The predicted octanol–water partition coefficient (Wildman–Crippen LogP) is 2.36. The molecule has 5 heteroatoms. The number of hydrogen-bond donors (Lipinski definition) is 3. The summed E-state index contributed by atoms with van der Waals surface area (Å²) in [5.74, 6) is 1.20.